The lowest BCUT2D eigenvalue weighted by Crippen LogP contribution is -2.25. The predicted octanol–water partition coefficient (Wildman–Crippen LogP) is 2.68. The number of hydrogen-bond acceptors (Lipinski definition) is 1. The van der Waals surface area contributed by atoms with Crippen molar-refractivity contribution in [1.82, 2.24) is 4.90 Å². The van der Waals surface area contributed by atoms with E-state index in [-0.39, 0.29) is 0 Å². The van der Waals surface area contributed by atoms with E-state index in [1.807, 2.05) is 25.8 Å². The van der Waals surface area contributed by atoms with Gasteiger partial charge in [0.05, 0.1) is 0 Å². The molecule has 0 aliphatic carbocycles. The zero-order valence-corrected chi connectivity index (χ0v) is 9.68. The average molecular weight is 185 g/mol. The first-order chi connectivity index (χ1) is 6.01. The van der Waals surface area contributed by atoms with Crippen LogP contribution in [-0.2, 0) is 4.79 Å². The van der Waals surface area contributed by atoms with E-state index in [0.29, 0.717) is 11.3 Å². The fourth-order valence-electron chi connectivity index (χ4n) is 1.36. The lowest BCUT2D eigenvalue weighted by Gasteiger charge is -2.21. The molecule has 78 valence electrons. The summed E-state index contributed by atoms with van der Waals surface area (Å²) in [6.07, 6.45) is 2.90. The molecule has 1 saturated heterocycles. The van der Waals surface area contributed by atoms with Crippen LogP contribution in [0, 0.1) is 5.41 Å². The van der Waals surface area contributed by atoms with E-state index >= 15 is 0 Å². The summed E-state index contributed by atoms with van der Waals surface area (Å²) in [5.74, 6) is 0.301. The van der Waals surface area contributed by atoms with Crippen molar-refractivity contribution in [2.45, 2.75) is 47.0 Å². The topological polar surface area (TPSA) is 20.3 Å². The number of likely N-dealkylation sites (tertiary alicyclic amines) is 1. The van der Waals surface area contributed by atoms with E-state index in [0.717, 1.165) is 25.8 Å². The van der Waals surface area contributed by atoms with Gasteiger partial charge in [-0.15, -0.1) is 0 Å². The van der Waals surface area contributed by atoms with E-state index in [9.17, 15) is 4.79 Å². The fraction of sp³-hybridized carbons (Fsp3) is 0.909. The monoisotopic (exact) mass is 185 g/mol. The smallest absolute Gasteiger partial charge is 0.222 e. The van der Waals surface area contributed by atoms with Gasteiger partial charge in [-0.25, -0.2) is 0 Å². The Morgan fingerprint density at radius 1 is 1.23 bits per heavy atom. The third kappa shape index (κ3) is 4.30. The molecule has 1 amide bonds. The number of nitrogens with zero attached hydrogens (tertiary/aromatic N) is 1. The van der Waals surface area contributed by atoms with Crippen molar-refractivity contribution in [3.05, 3.63) is 0 Å². The van der Waals surface area contributed by atoms with Crippen molar-refractivity contribution in [3.8, 4) is 0 Å². The van der Waals surface area contributed by atoms with Crippen LogP contribution in [0.5, 0.6) is 0 Å². The van der Waals surface area contributed by atoms with Gasteiger partial charge in [-0.2, -0.15) is 0 Å². The van der Waals surface area contributed by atoms with Crippen LogP contribution in [0.1, 0.15) is 47.0 Å². The van der Waals surface area contributed by atoms with Crippen LogP contribution >= 0.6 is 0 Å². The molecule has 1 fully saturated rings. The minimum absolute atomic E-state index is 0.301. The Hall–Kier alpha value is -0.530. The molecule has 1 aliphatic heterocycles. The van der Waals surface area contributed by atoms with Gasteiger partial charge in [0.15, 0.2) is 0 Å². The molecule has 2 heteroatoms. The zero-order valence-electron chi connectivity index (χ0n) is 9.68. The second-order valence-corrected chi connectivity index (χ2v) is 4.23. The number of hydrogen-bond donors (Lipinski definition) is 0. The average Bonchev–Trinajstić information content (AvgIpc) is 2.23. The first-order valence-electron chi connectivity index (χ1n) is 5.25. The summed E-state index contributed by atoms with van der Waals surface area (Å²) in [5.41, 5.74) is 0.362. The molecular formula is C11H23NO. The van der Waals surface area contributed by atoms with Crippen LogP contribution in [0.2, 0.25) is 0 Å². The van der Waals surface area contributed by atoms with Crippen LogP contribution in [0.4, 0.5) is 0 Å². The quantitative estimate of drug-likeness (QED) is 0.568. The third-order valence-corrected chi connectivity index (χ3v) is 2.57. The summed E-state index contributed by atoms with van der Waals surface area (Å²) in [5, 5.41) is 0. The van der Waals surface area contributed by atoms with E-state index < -0.39 is 0 Å². The van der Waals surface area contributed by atoms with Crippen molar-refractivity contribution < 1.29 is 4.79 Å². The highest BCUT2D eigenvalue weighted by Crippen LogP contribution is 2.29. The van der Waals surface area contributed by atoms with Gasteiger partial charge >= 0.3 is 0 Å². The first kappa shape index (κ1) is 12.5. The maximum absolute atomic E-state index is 11.2. The summed E-state index contributed by atoms with van der Waals surface area (Å²) in [6, 6.07) is 0. The number of carbonyl (C=O) groups is 1. The molecule has 0 aromatic rings. The van der Waals surface area contributed by atoms with Gasteiger partial charge in [-0.1, -0.05) is 27.7 Å². The molecule has 0 saturated carbocycles. The lowest BCUT2D eigenvalue weighted by molar-refractivity contribution is -0.129. The molecule has 0 N–H and O–H groups in total. The Bertz CT molecular complexity index is 163. The molecule has 1 aliphatic rings. The highest BCUT2D eigenvalue weighted by molar-refractivity contribution is 5.76. The van der Waals surface area contributed by atoms with Crippen molar-refractivity contribution in [1.29, 1.82) is 0 Å². The van der Waals surface area contributed by atoms with Crippen LogP contribution in [0.3, 0.4) is 0 Å². The Balaban J connectivity index is 0.000000671. The van der Waals surface area contributed by atoms with Gasteiger partial charge in [0, 0.05) is 20.0 Å². The lowest BCUT2D eigenvalue weighted by atomic mass is 9.85. The van der Waals surface area contributed by atoms with Gasteiger partial charge in [0.1, 0.15) is 0 Å². The van der Waals surface area contributed by atoms with Gasteiger partial charge < -0.3 is 4.90 Å². The minimum atomic E-state index is 0.301. The van der Waals surface area contributed by atoms with Crippen LogP contribution in [0.25, 0.3) is 0 Å². The number of rotatable bonds is 0. The standard InChI is InChI=1S/C9H17NO.C2H6/c1-9(2)5-4-8(11)10(3)7-6-9;1-2/h4-7H2,1-3H3;1-2H3. The molecule has 0 aromatic heterocycles. The molecule has 0 radical (unpaired) electrons. The normalized spacial score (nSPS) is 21.6. The minimum Gasteiger partial charge on any atom is -0.346 e. The number of amides is 1. The largest absolute Gasteiger partial charge is 0.346 e. The molecule has 0 atom stereocenters. The number of carbonyl (C=O) groups excluding carboxylic acids is 1. The van der Waals surface area contributed by atoms with Gasteiger partial charge in [-0.3, -0.25) is 4.79 Å². The molecule has 0 unspecified atom stereocenters. The van der Waals surface area contributed by atoms with Crippen molar-refractivity contribution in [2.75, 3.05) is 13.6 Å². The van der Waals surface area contributed by atoms with E-state index in [1.54, 1.807) is 0 Å². The maximum atomic E-state index is 11.2. The van der Waals surface area contributed by atoms with Crippen LogP contribution in [0.15, 0.2) is 0 Å². The van der Waals surface area contributed by atoms with Crippen LogP contribution < -0.4 is 0 Å². The Labute approximate surface area is 82.3 Å². The summed E-state index contributed by atoms with van der Waals surface area (Å²) < 4.78 is 0. The Morgan fingerprint density at radius 2 is 1.77 bits per heavy atom. The predicted molar refractivity (Wildman–Crippen MR) is 56.6 cm³/mol. The summed E-state index contributed by atoms with van der Waals surface area (Å²) in [7, 11) is 1.89. The van der Waals surface area contributed by atoms with Gasteiger partial charge in [0.25, 0.3) is 0 Å². The van der Waals surface area contributed by atoms with Crippen molar-refractivity contribution in [3.63, 3.8) is 0 Å². The van der Waals surface area contributed by atoms with Gasteiger partial charge in [0.2, 0.25) is 5.91 Å². The Kier molecular flexibility index (Phi) is 5.04. The zero-order chi connectivity index (χ0) is 10.5. The molecule has 0 spiro atoms. The molecule has 0 aromatic carbocycles. The molecule has 0 bridgehead atoms. The molecule has 1 heterocycles. The highest BCUT2D eigenvalue weighted by atomic mass is 16.2. The third-order valence-electron chi connectivity index (χ3n) is 2.57. The Morgan fingerprint density at radius 3 is 2.31 bits per heavy atom. The molecule has 1 rings (SSSR count). The summed E-state index contributed by atoms with van der Waals surface area (Å²) in [4.78, 5) is 13.1. The van der Waals surface area contributed by atoms with Crippen molar-refractivity contribution >= 4 is 5.91 Å². The van der Waals surface area contributed by atoms with Crippen LogP contribution in [-0.4, -0.2) is 24.4 Å². The molecule has 13 heavy (non-hydrogen) atoms. The second kappa shape index (κ2) is 5.25. The first-order valence-corrected chi connectivity index (χ1v) is 5.25. The second-order valence-electron chi connectivity index (χ2n) is 4.23. The summed E-state index contributed by atoms with van der Waals surface area (Å²) in [6.45, 7) is 9.39. The van der Waals surface area contributed by atoms with E-state index in [2.05, 4.69) is 13.8 Å². The molecule has 2 nitrogen and oxygen atoms in total. The van der Waals surface area contributed by atoms with Crippen molar-refractivity contribution in [2.24, 2.45) is 5.41 Å². The van der Waals surface area contributed by atoms with Gasteiger partial charge in [-0.05, 0) is 18.3 Å². The SMILES string of the molecule is CC.CN1CCC(C)(C)CCC1=O. The highest BCUT2D eigenvalue weighted by Gasteiger charge is 2.25. The molecular weight excluding hydrogens is 162 g/mol. The summed E-state index contributed by atoms with van der Waals surface area (Å²) >= 11 is 0. The maximum Gasteiger partial charge on any atom is 0.222 e. The van der Waals surface area contributed by atoms with E-state index in [4.69, 9.17) is 0 Å². The fourth-order valence-corrected chi connectivity index (χ4v) is 1.36. The van der Waals surface area contributed by atoms with E-state index in [1.165, 1.54) is 0 Å².